The van der Waals surface area contributed by atoms with Crippen LogP contribution in [0, 0.1) is 0 Å². The van der Waals surface area contributed by atoms with Gasteiger partial charge in [-0.15, -0.1) is 0 Å². The second-order valence-electron chi connectivity index (χ2n) is 3.29. The maximum atomic E-state index is 11.6. The van der Waals surface area contributed by atoms with Gasteiger partial charge < -0.3 is 4.79 Å². The fraction of sp³-hybridized carbons (Fsp3) is 0.0833. The van der Waals surface area contributed by atoms with Crippen molar-refractivity contribution in [2.75, 3.05) is 0 Å². The van der Waals surface area contributed by atoms with Crippen LogP contribution in [0.5, 0.6) is 0 Å². The van der Waals surface area contributed by atoms with E-state index in [4.69, 9.17) is 0 Å². The van der Waals surface area contributed by atoms with Crippen molar-refractivity contribution in [3.8, 4) is 0 Å². The van der Waals surface area contributed by atoms with Crippen molar-refractivity contribution in [2.24, 2.45) is 0 Å². The number of hydrogen-bond acceptors (Lipinski definition) is 3. The summed E-state index contributed by atoms with van der Waals surface area (Å²) in [4.78, 5) is 33.4. The predicted octanol–water partition coefficient (Wildman–Crippen LogP) is 1.42. The first-order valence-corrected chi connectivity index (χ1v) is 4.56. The first-order valence-electron chi connectivity index (χ1n) is 4.56. The third kappa shape index (κ3) is 1.52. The van der Waals surface area contributed by atoms with Crippen LogP contribution in [0.4, 0.5) is 0 Å². The van der Waals surface area contributed by atoms with Gasteiger partial charge in [-0.2, -0.15) is 0 Å². The zero-order chi connectivity index (χ0) is 10.8. The Morgan fingerprint density at radius 2 is 1.80 bits per heavy atom. The Hall–Kier alpha value is -2.03. The summed E-state index contributed by atoms with van der Waals surface area (Å²) in [5, 5.41) is 0. The molecule has 2 rings (SSSR count). The first kappa shape index (κ1) is 9.52. The number of fused-ring (bicyclic) bond motifs is 1. The number of carbonyl (C=O) groups is 3. The normalized spacial score (nSPS) is 14.5. The summed E-state index contributed by atoms with van der Waals surface area (Å²) in [5.74, 6) is -1.09. The summed E-state index contributed by atoms with van der Waals surface area (Å²) in [6, 6.07) is 6.87. The molecule has 0 spiro atoms. The highest BCUT2D eigenvalue weighted by molar-refractivity contribution is 6.52. The number of allylic oxidation sites excluding steroid dienone is 1. The van der Waals surface area contributed by atoms with Crippen LogP contribution in [-0.4, -0.2) is 17.9 Å². The number of aldehydes is 1. The van der Waals surface area contributed by atoms with E-state index in [-0.39, 0.29) is 12.0 Å². The molecule has 1 aliphatic rings. The molecule has 0 radical (unpaired) electrons. The fourth-order valence-electron chi connectivity index (χ4n) is 1.59. The quantitative estimate of drug-likeness (QED) is 0.536. The van der Waals surface area contributed by atoms with E-state index in [2.05, 4.69) is 0 Å². The van der Waals surface area contributed by atoms with E-state index in [9.17, 15) is 14.4 Å². The van der Waals surface area contributed by atoms with Crippen molar-refractivity contribution in [2.45, 2.75) is 6.42 Å². The van der Waals surface area contributed by atoms with E-state index < -0.39 is 11.6 Å². The van der Waals surface area contributed by atoms with Crippen LogP contribution < -0.4 is 0 Å². The van der Waals surface area contributed by atoms with Gasteiger partial charge in [-0.05, 0) is 11.6 Å². The second kappa shape index (κ2) is 3.61. The minimum absolute atomic E-state index is 0.00108. The van der Waals surface area contributed by atoms with Crippen molar-refractivity contribution < 1.29 is 14.4 Å². The standard InChI is InChI=1S/C12H8O3/c13-6-5-9-7-8-3-1-2-4-10(8)12(15)11(9)14/h1-4,6-7H,5H2. The number of ketones is 2. The lowest BCUT2D eigenvalue weighted by atomic mass is 9.89. The summed E-state index contributed by atoms with van der Waals surface area (Å²) in [6.07, 6.45) is 2.23. The van der Waals surface area contributed by atoms with E-state index in [0.717, 1.165) is 0 Å². The van der Waals surface area contributed by atoms with Gasteiger partial charge in [-0.1, -0.05) is 24.3 Å². The predicted molar refractivity (Wildman–Crippen MR) is 54.4 cm³/mol. The van der Waals surface area contributed by atoms with Crippen LogP contribution in [-0.2, 0) is 9.59 Å². The zero-order valence-electron chi connectivity index (χ0n) is 7.90. The van der Waals surface area contributed by atoms with Crippen molar-refractivity contribution in [3.63, 3.8) is 0 Å². The summed E-state index contributed by atoms with van der Waals surface area (Å²) in [6.45, 7) is 0. The van der Waals surface area contributed by atoms with Crippen molar-refractivity contribution in [1.29, 1.82) is 0 Å². The fourth-order valence-corrected chi connectivity index (χ4v) is 1.59. The van der Waals surface area contributed by atoms with E-state index in [1.807, 2.05) is 0 Å². The molecule has 0 fully saturated rings. The van der Waals surface area contributed by atoms with Crippen LogP contribution in [0.2, 0.25) is 0 Å². The number of rotatable bonds is 2. The molecule has 0 aromatic heterocycles. The molecule has 3 nitrogen and oxygen atoms in total. The molecule has 1 aliphatic carbocycles. The highest BCUT2D eigenvalue weighted by Gasteiger charge is 2.26. The molecule has 1 aromatic carbocycles. The van der Waals surface area contributed by atoms with Gasteiger partial charge >= 0.3 is 0 Å². The van der Waals surface area contributed by atoms with Gasteiger partial charge in [0.25, 0.3) is 0 Å². The van der Waals surface area contributed by atoms with E-state index in [1.165, 1.54) is 0 Å². The van der Waals surface area contributed by atoms with Crippen LogP contribution in [0.3, 0.4) is 0 Å². The Kier molecular flexibility index (Phi) is 2.29. The average Bonchev–Trinajstić information content (AvgIpc) is 2.26. The van der Waals surface area contributed by atoms with Crippen LogP contribution >= 0.6 is 0 Å². The molecular formula is C12H8O3. The average molecular weight is 200 g/mol. The van der Waals surface area contributed by atoms with Gasteiger partial charge in [-0.25, -0.2) is 0 Å². The molecule has 0 heterocycles. The van der Waals surface area contributed by atoms with Crippen LogP contribution in [0.15, 0.2) is 29.8 Å². The summed E-state index contributed by atoms with van der Waals surface area (Å²) >= 11 is 0. The Balaban J connectivity index is 2.56. The minimum atomic E-state index is -0.569. The monoisotopic (exact) mass is 200 g/mol. The topological polar surface area (TPSA) is 51.2 Å². The molecule has 0 saturated heterocycles. The van der Waals surface area contributed by atoms with Gasteiger partial charge in [0.2, 0.25) is 11.6 Å². The smallest absolute Gasteiger partial charge is 0.233 e. The van der Waals surface area contributed by atoms with Gasteiger partial charge in [0, 0.05) is 17.6 Å². The third-order valence-electron chi connectivity index (χ3n) is 2.34. The molecule has 0 N–H and O–H groups in total. The Labute approximate surface area is 86.4 Å². The molecule has 0 atom stereocenters. The molecular weight excluding hydrogens is 192 g/mol. The minimum Gasteiger partial charge on any atom is -0.303 e. The zero-order valence-corrected chi connectivity index (χ0v) is 7.90. The Bertz CT molecular complexity index is 483. The molecule has 0 amide bonds. The lowest BCUT2D eigenvalue weighted by Crippen LogP contribution is -2.21. The highest BCUT2D eigenvalue weighted by atomic mass is 16.2. The van der Waals surface area contributed by atoms with Crippen LogP contribution in [0.1, 0.15) is 22.3 Å². The largest absolute Gasteiger partial charge is 0.303 e. The molecule has 0 aliphatic heterocycles. The lowest BCUT2D eigenvalue weighted by Gasteiger charge is -2.12. The van der Waals surface area contributed by atoms with Crippen molar-refractivity contribution >= 4 is 23.9 Å². The van der Waals surface area contributed by atoms with Gasteiger partial charge in [0.05, 0.1) is 0 Å². The van der Waals surface area contributed by atoms with Gasteiger partial charge in [0.1, 0.15) is 6.29 Å². The number of Topliss-reactive ketones (excluding diaryl/α,β-unsaturated/α-hetero) is 2. The Morgan fingerprint density at radius 1 is 1.07 bits per heavy atom. The number of benzene rings is 1. The van der Waals surface area contributed by atoms with E-state index in [0.29, 0.717) is 17.4 Å². The van der Waals surface area contributed by atoms with Crippen molar-refractivity contribution in [1.82, 2.24) is 0 Å². The number of hydrogen-bond donors (Lipinski definition) is 0. The van der Waals surface area contributed by atoms with E-state index in [1.54, 1.807) is 30.3 Å². The van der Waals surface area contributed by atoms with Gasteiger partial charge in [0.15, 0.2) is 0 Å². The third-order valence-corrected chi connectivity index (χ3v) is 2.34. The molecule has 15 heavy (non-hydrogen) atoms. The second-order valence-corrected chi connectivity index (χ2v) is 3.29. The Morgan fingerprint density at radius 3 is 2.53 bits per heavy atom. The molecule has 74 valence electrons. The maximum absolute atomic E-state index is 11.6. The summed E-state index contributed by atoms with van der Waals surface area (Å²) in [7, 11) is 0. The van der Waals surface area contributed by atoms with E-state index >= 15 is 0 Å². The van der Waals surface area contributed by atoms with Crippen LogP contribution in [0.25, 0.3) is 6.08 Å². The molecule has 0 unspecified atom stereocenters. The van der Waals surface area contributed by atoms with Crippen molar-refractivity contribution in [3.05, 3.63) is 41.0 Å². The lowest BCUT2D eigenvalue weighted by molar-refractivity contribution is -0.113. The molecule has 0 saturated carbocycles. The first-order chi connectivity index (χ1) is 7.24. The summed E-state index contributed by atoms with van der Waals surface area (Å²) in [5.41, 5.74) is 1.39. The number of carbonyl (C=O) groups excluding carboxylic acids is 3. The highest BCUT2D eigenvalue weighted by Crippen LogP contribution is 2.22. The SMILES string of the molecule is O=CCC1=Cc2ccccc2C(=O)C1=O. The molecule has 0 bridgehead atoms. The maximum Gasteiger partial charge on any atom is 0.233 e. The molecule has 3 heteroatoms. The molecule has 1 aromatic rings. The van der Waals surface area contributed by atoms with Gasteiger partial charge in [-0.3, -0.25) is 9.59 Å². The summed E-state index contributed by atoms with van der Waals surface area (Å²) < 4.78 is 0.